The van der Waals surface area contributed by atoms with Gasteiger partial charge >= 0.3 is 11.7 Å². The molecular weight excluding hydrogens is 342 g/mol. The molecule has 25 heavy (non-hydrogen) atoms. The van der Waals surface area contributed by atoms with Gasteiger partial charge in [-0.1, -0.05) is 36.0 Å². The maximum Gasteiger partial charge on any atom is 0.350 e. The number of benzene rings is 1. The Morgan fingerprint density at radius 2 is 2.16 bits per heavy atom. The number of methoxy groups -OCH3 is 1. The van der Waals surface area contributed by atoms with E-state index in [0.717, 1.165) is 15.6 Å². The van der Waals surface area contributed by atoms with Gasteiger partial charge in [-0.3, -0.25) is 9.78 Å². The van der Waals surface area contributed by atoms with Crippen LogP contribution in [0.15, 0.2) is 40.4 Å². The van der Waals surface area contributed by atoms with Crippen molar-refractivity contribution in [1.29, 1.82) is 5.26 Å². The molecule has 0 saturated carbocycles. The smallest absolute Gasteiger partial charge is 0.350 e. The number of ether oxygens (including phenoxy) is 1. The highest BCUT2D eigenvalue weighted by molar-refractivity contribution is 7.98. The summed E-state index contributed by atoms with van der Waals surface area (Å²) in [6, 6.07) is 9.45. The first-order valence-corrected chi connectivity index (χ1v) is 8.25. The Morgan fingerprint density at radius 1 is 1.40 bits per heavy atom. The molecule has 0 saturated heterocycles. The maximum absolute atomic E-state index is 12.0. The number of aromatic nitrogens is 4. The number of thioether (sulfide) groups is 1. The van der Waals surface area contributed by atoms with Crippen molar-refractivity contribution in [3.05, 3.63) is 57.6 Å². The highest BCUT2D eigenvalue weighted by Crippen LogP contribution is 2.22. The first kappa shape index (κ1) is 16.7. The van der Waals surface area contributed by atoms with Gasteiger partial charge in [-0.2, -0.15) is 14.9 Å². The number of rotatable bonds is 5. The van der Waals surface area contributed by atoms with Gasteiger partial charge in [-0.05, 0) is 11.1 Å². The van der Waals surface area contributed by atoms with Crippen molar-refractivity contribution >= 4 is 23.4 Å². The standard InChI is InChI=1S/C16H13N5O3S/c1-24-13(22)6-10-4-2-3-5-11(10)9-25-15-19-14-12(7-17)8-18-21(14)16(23)20-15/h2-5,8H,6,9H2,1H3,(H,19,20,23). The molecule has 0 aliphatic carbocycles. The van der Waals surface area contributed by atoms with Crippen molar-refractivity contribution in [1.82, 2.24) is 19.6 Å². The molecule has 3 aromatic rings. The number of esters is 1. The number of carbonyl (C=O) groups excluding carboxylic acids is 1. The number of fused-ring (bicyclic) bond motifs is 1. The van der Waals surface area contributed by atoms with Gasteiger partial charge in [0.1, 0.15) is 11.6 Å². The lowest BCUT2D eigenvalue weighted by molar-refractivity contribution is -0.139. The molecule has 0 aliphatic heterocycles. The quantitative estimate of drug-likeness (QED) is 0.542. The fraction of sp³-hybridized carbons (Fsp3) is 0.188. The molecule has 0 radical (unpaired) electrons. The van der Waals surface area contributed by atoms with Crippen LogP contribution in [0, 0.1) is 11.3 Å². The van der Waals surface area contributed by atoms with Gasteiger partial charge in [0.15, 0.2) is 10.8 Å². The molecule has 0 fully saturated rings. The van der Waals surface area contributed by atoms with E-state index in [-0.39, 0.29) is 23.6 Å². The maximum atomic E-state index is 12.0. The van der Waals surface area contributed by atoms with E-state index in [9.17, 15) is 9.59 Å². The van der Waals surface area contributed by atoms with Crippen molar-refractivity contribution in [2.24, 2.45) is 0 Å². The number of H-pyrrole nitrogens is 1. The lowest BCUT2D eigenvalue weighted by Crippen LogP contribution is -2.19. The molecule has 0 aliphatic rings. The number of hydrogen-bond acceptors (Lipinski definition) is 7. The average Bonchev–Trinajstić information content (AvgIpc) is 3.04. The number of nitrogens with zero attached hydrogens (tertiary/aromatic N) is 4. The topological polar surface area (TPSA) is 113 Å². The van der Waals surface area contributed by atoms with E-state index in [2.05, 4.69) is 15.1 Å². The third-order valence-electron chi connectivity index (χ3n) is 3.52. The van der Waals surface area contributed by atoms with Crippen LogP contribution >= 0.6 is 11.8 Å². The van der Waals surface area contributed by atoms with E-state index in [4.69, 9.17) is 10.00 Å². The molecule has 2 aromatic heterocycles. The van der Waals surface area contributed by atoms with Crippen LogP contribution in [0.25, 0.3) is 5.65 Å². The first-order valence-electron chi connectivity index (χ1n) is 7.27. The fourth-order valence-electron chi connectivity index (χ4n) is 2.26. The first-order chi connectivity index (χ1) is 12.1. The highest BCUT2D eigenvalue weighted by atomic mass is 32.2. The van der Waals surface area contributed by atoms with Crippen LogP contribution in [-0.2, 0) is 21.7 Å². The molecule has 0 unspecified atom stereocenters. The van der Waals surface area contributed by atoms with Gasteiger partial charge in [0.25, 0.3) is 0 Å². The molecule has 0 amide bonds. The summed E-state index contributed by atoms with van der Waals surface area (Å²) in [5, 5.41) is 13.3. The van der Waals surface area contributed by atoms with E-state index < -0.39 is 5.69 Å². The minimum Gasteiger partial charge on any atom is -0.469 e. The molecule has 1 N–H and O–H groups in total. The Kier molecular flexibility index (Phi) is 4.81. The SMILES string of the molecule is COC(=O)Cc1ccccc1CSc1nc2c(C#N)cnn2c(=O)[nH]1. The second-order valence-electron chi connectivity index (χ2n) is 5.06. The normalized spacial score (nSPS) is 10.6. The van der Waals surface area contributed by atoms with Crippen molar-refractivity contribution in [2.45, 2.75) is 17.3 Å². The van der Waals surface area contributed by atoms with Crippen LogP contribution < -0.4 is 5.69 Å². The molecule has 0 atom stereocenters. The average molecular weight is 355 g/mol. The summed E-state index contributed by atoms with van der Waals surface area (Å²) in [4.78, 5) is 30.4. The van der Waals surface area contributed by atoms with Crippen LogP contribution in [0.5, 0.6) is 0 Å². The second-order valence-corrected chi connectivity index (χ2v) is 6.03. The molecule has 1 aromatic carbocycles. The number of nitrogens with one attached hydrogen (secondary N) is 1. The van der Waals surface area contributed by atoms with Crippen LogP contribution in [0.4, 0.5) is 0 Å². The van der Waals surface area contributed by atoms with Gasteiger partial charge in [0.05, 0.1) is 19.7 Å². The molecule has 9 heteroatoms. The summed E-state index contributed by atoms with van der Waals surface area (Å²) in [5.41, 5.74) is 1.79. The Bertz CT molecular complexity index is 1030. The third-order valence-corrected chi connectivity index (χ3v) is 4.45. The fourth-order valence-corrected chi connectivity index (χ4v) is 3.14. The molecule has 2 heterocycles. The van der Waals surface area contributed by atoms with E-state index >= 15 is 0 Å². The zero-order valence-electron chi connectivity index (χ0n) is 13.2. The minimum atomic E-state index is -0.461. The zero-order valence-corrected chi connectivity index (χ0v) is 14.0. The number of hydrogen-bond donors (Lipinski definition) is 1. The van der Waals surface area contributed by atoms with Gasteiger partial charge in [0.2, 0.25) is 0 Å². The Balaban J connectivity index is 1.85. The van der Waals surface area contributed by atoms with Crippen LogP contribution in [0.1, 0.15) is 16.7 Å². The van der Waals surface area contributed by atoms with Crippen LogP contribution in [0.3, 0.4) is 0 Å². The van der Waals surface area contributed by atoms with Crippen molar-refractivity contribution < 1.29 is 9.53 Å². The summed E-state index contributed by atoms with van der Waals surface area (Å²) in [6.07, 6.45) is 1.48. The van der Waals surface area contributed by atoms with E-state index in [1.165, 1.54) is 25.1 Å². The molecule has 8 nitrogen and oxygen atoms in total. The lowest BCUT2D eigenvalue weighted by Gasteiger charge is -2.08. The number of aromatic amines is 1. The lowest BCUT2D eigenvalue weighted by atomic mass is 10.1. The van der Waals surface area contributed by atoms with Gasteiger partial charge < -0.3 is 4.74 Å². The van der Waals surface area contributed by atoms with Gasteiger partial charge in [-0.15, -0.1) is 0 Å². The van der Waals surface area contributed by atoms with Crippen LogP contribution in [-0.4, -0.2) is 32.7 Å². The monoisotopic (exact) mass is 355 g/mol. The summed E-state index contributed by atoms with van der Waals surface area (Å²) in [5.74, 6) is 0.186. The predicted octanol–water partition coefficient (Wildman–Crippen LogP) is 1.30. The largest absolute Gasteiger partial charge is 0.469 e. The third kappa shape index (κ3) is 3.54. The van der Waals surface area contributed by atoms with Gasteiger partial charge in [0, 0.05) is 5.75 Å². The summed E-state index contributed by atoms with van der Waals surface area (Å²) in [7, 11) is 1.35. The molecule has 0 spiro atoms. The Morgan fingerprint density at radius 3 is 2.88 bits per heavy atom. The molecule has 126 valence electrons. The highest BCUT2D eigenvalue weighted by Gasteiger charge is 2.12. The van der Waals surface area contributed by atoms with Crippen LogP contribution in [0.2, 0.25) is 0 Å². The summed E-state index contributed by atoms with van der Waals surface area (Å²) in [6.45, 7) is 0. The Labute approximate surface area is 146 Å². The predicted molar refractivity (Wildman–Crippen MR) is 90.0 cm³/mol. The minimum absolute atomic E-state index is 0.178. The van der Waals surface area contributed by atoms with Crippen molar-refractivity contribution in [3.63, 3.8) is 0 Å². The number of carbonyl (C=O) groups is 1. The summed E-state index contributed by atoms with van der Waals surface area (Å²) >= 11 is 1.30. The van der Waals surface area contributed by atoms with E-state index in [0.29, 0.717) is 10.9 Å². The zero-order chi connectivity index (χ0) is 17.8. The van der Waals surface area contributed by atoms with E-state index in [1.54, 1.807) is 0 Å². The molecular formula is C16H13N5O3S. The van der Waals surface area contributed by atoms with Crippen molar-refractivity contribution in [3.8, 4) is 6.07 Å². The Hall–Kier alpha value is -3.12. The molecule has 3 rings (SSSR count). The number of nitriles is 1. The van der Waals surface area contributed by atoms with Crippen molar-refractivity contribution in [2.75, 3.05) is 7.11 Å². The molecule has 0 bridgehead atoms. The van der Waals surface area contributed by atoms with E-state index in [1.807, 2.05) is 30.3 Å². The van der Waals surface area contributed by atoms with Gasteiger partial charge in [-0.25, -0.2) is 9.78 Å². The summed E-state index contributed by atoms with van der Waals surface area (Å²) < 4.78 is 5.76. The second kappa shape index (κ2) is 7.19.